The summed E-state index contributed by atoms with van der Waals surface area (Å²) in [5.41, 5.74) is 2.72. The van der Waals surface area contributed by atoms with Crippen molar-refractivity contribution < 1.29 is 0 Å². The average Bonchev–Trinajstić information content (AvgIpc) is 3.03. The van der Waals surface area contributed by atoms with Gasteiger partial charge in [-0.15, -0.1) is 11.3 Å². The largest absolute Gasteiger partial charge is 0.321 e. The number of thiazole rings is 1. The Morgan fingerprint density at radius 2 is 2.16 bits per heavy atom. The molecule has 0 aliphatic rings. The Kier molecular flexibility index (Phi) is 2.96. The number of nitrogens with zero attached hydrogens (tertiary/aromatic N) is 5. The molecule has 0 saturated carbocycles. The Morgan fingerprint density at radius 1 is 1.26 bits per heavy atom. The normalized spacial score (nSPS) is 10.6. The van der Waals surface area contributed by atoms with Crippen molar-refractivity contribution in [1.82, 2.24) is 24.7 Å². The van der Waals surface area contributed by atoms with Gasteiger partial charge in [0.05, 0.1) is 11.9 Å². The third kappa shape index (κ3) is 2.45. The monoisotopic (exact) mass is 272 g/mol. The SMILES string of the molecule is Cc1cnc(Nc2cnn(C)c2)nc1-c1nccs1. The molecule has 3 aromatic heterocycles. The van der Waals surface area contributed by atoms with Gasteiger partial charge in [0, 0.05) is 31.0 Å². The Morgan fingerprint density at radius 3 is 2.84 bits per heavy atom. The molecule has 0 fully saturated rings. The number of aromatic nitrogens is 5. The number of nitrogens with one attached hydrogen (secondary N) is 1. The van der Waals surface area contributed by atoms with Gasteiger partial charge in [0.1, 0.15) is 10.7 Å². The van der Waals surface area contributed by atoms with E-state index in [1.807, 2.05) is 25.5 Å². The molecular formula is C12H12N6S. The van der Waals surface area contributed by atoms with Gasteiger partial charge < -0.3 is 5.32 Å². The van der Waals surface area contributed by atoms with E-state index < -0.39 is 0 Å². The van der Waals surface area contributed by atoms with Crippen molar-refractivity contribution in [2.24, 2.45) is 7.05 Å². The number of anilines is 2. The van der Waals surface area contributed by atoms with E-state index in [1.165, 1.54) is 0 Å². The first kappa shape index (κ1) is 11.8. The molecule has 1 N–H and O–H groups in total. The van der Waals surface area contributed by atoms with Crippen LogP contribution in [-0.2, 0) is 7.05 Å². The lowest BCUT2D eigenvalue weighted by Crippen LogP contribution is -1.99. The van der Waals surface area contributed by atoms with Crippen molar-refractivity contribution in [2.75, 3.05) is 5.32 Å². The van der Waals surface area contributed by atoms with E-state index in [-0.39, 0.29) is 0 Å². The summed E-state index contributed by atoms with van der Waals surface area (Å²) in [5.74, 6) is 0.545. The molecule has 0 radical (unpaired) electrons. The van der Waals surface area contributed by atoms with Crippen LogP contribution in [0.3, 0.4) is 0 Å². The lowest BCUT2D eigenvalue weighted by molar-refractivity contribution is 0.768. The number of hydrogen-bond acceptors (Lipinski definition) is 6. The van der Waals surface area contributed by atoms with Crippen molar-refractivity contribution >= 4 is 23.0 Å². The molecule has 0 unspecified atom stereocenters. The fourth-order valence-electron chi connectivity index (χ4n) is 1.67. The Bertz CT molecular complexity index is 688. The van der Waals surface area contributed by atoms with Crippen LogP contribution in [0.2, 0.25) is 0 Å². The van der Waals surface area contributed by atoms with Crippen LogP contribution in [0.25, 0.3) is 10.7 Å². The van der Waals surface area contributed by atoms with Gasteiger partial charge >= 0.3 is 0 Å². The van der Waals surface area contributed by atoms with Crippen LogP contribution >= 0.6 is 11.3 Å². The summed E-state index contributed by atoms with van der Waals surface area (Å²) in [7, 11) is 1.86. The van der Waals surface area contributed by atoms with Crippen molar-refractivity contribution in [3.8, 4) is 10.7 Å². The second kappa shape index (κ2) is 4.77. The van der Waals surface area contributed by atoms with Gasteiger partial charge in [0.25, 0.3) is 0 Å². The second-order valence-corrected chi connectivity index (χ2v) is 4.98. The first-order valence-electron chi connectivity index (χ1n) is 5.71. The van der Waals surface area contributed by atoms with Crippen LogP contribution in [-0.4, -0.2) is 24.7 Å². The summed E-state index contributed by atoms with van der Waals surface area (Å²) in [6, 6.07) is 0. The smallest absolute Gasteiger partial charge is 0.227 e. The molecule has 0 aliphatic carbocycles. The molecule has 0 saturated heterocycles. The maximum atomic E-state index is 4.51. The van der Waals surface area contributed by atoms with Gasteiger partial charge in [-0.1, -0.05) is 0 Å². The van der Waals surface area contributed by atoms with Gasteiger partial charge in [0.15, 0.2) is 0 Å². The number of rotatable bonds is 3. The lowest BCUT2D eigenvalue weighted by atomic mass is 10.2. The van der Waals surface area contributed by atoms with Crippen molar-refractivity contribution in [3.05, 3.63) is 35.7 Å². The standard InChI is InChI=1S/C12H12N6S/c1-8-5-14-12(16-9-6-15-18(2)7-9)17-10(8)11-13-3-4-19-11/h3-7H,1-2H3,(H,14,16,17). The zero-order chi connectivity index (χ0) is 13.2. The highest BCUT2D eigenvalue weighted by Crippen LogP contribution is 2.24. The second-order valence-electron chi connectivity index (χ2n) is 4.09. The Hall–Kier alpha value is -2.28. The van der Waals surface area contributed by atoms with Crippen LogP contribution in [0, 0.1) is 6.92 Å². The predicted octanol–water partition coefficient (Wildman–Crippen LogP) is 2.39. The molecule has 0 bridgehead atoms. The third-order valence-electron chi connectivity index (χ3n) is 2.57. The summed E-state index contributed by atoms with van der Waals surface area (Å²) in [6.07, 6.45) is 7.16. The van der Waals surface area contributed by atoms with Gasteiger partial charge in [0.2, 0.25) is 5.95 Å². The minimum absolute atomic E-state index is 0.545. The van der Waals surface area contributed by atoms with Gasteiger partial charge in [-0.3, -0.25) is 4.68 Å². The summed E-state index contributed by atoms with van der Waals surface area (Å²) >= 11 is 1.56. The molecule has 0 atom stereocenters. The zero-order valence-corrected chi connectivity index (χ0v) is 11.3. The molecule has 7 heteroatoms. The van der Waals surface area contributed by atoms with Crippen molar-refractivity contribution in [1.29, 1.82) is 0 Å². The fourth-order valence-corrected chi connectivity index (χ4v) is 2.36. The highest BCUT2D eigenvalue weighted by molar-refractivity contribution is 7.13. The van der Waals surface area contributed by atoms with E-state index in [0.717, 1.165) is 22.0 Å². The molecule has 3 heterocycles. The average molecular weight is 272 g/mol. The van der Waals surface area contributed by atoms with Crippen LogP contribution in [0.4, 0.5) is 11.6 Å². The van der Waals surface area contributed by atoms with E-state index in [4.69, 9.17) is 0 Å². The maximum absolute atomic E-state index is 4.51. The minimum atomic E-state index is 0.545. The quantitative estimate of drug-likeness (QED) is 0.792. The Balaban J connectivity index is 1.93. The van der Waals surface area contributed by atoms with Gasteiger partial charge in [-0.2, -0.15) is 5.10 Å². The highest BCUT2D eigenvalue weighted by Gasteiger charge is 2.09. The number of hydrogen-bond donors (Lipinski definition) is 1. The topological polar surface area (TPSA) is 68.5 Å². The molecular weight excluding hydrogens is 260 g/mol. The highest BCUT2D eigenvalue weighted by atomic mass is 32.1. The summed E-state index contributed by atoms with van der Waals surface area (Å²) in [5, 5.41) is 10.0. The molecule has 3 aromatic rings. The molecule has 0 aliphatic heterocycles. The van der Waals surface area contributed by atoms with E-state index in [9.17, 15) is 0 Å². The summed E-state index contributed by atoms with van der Waals surface area (Å²) in [6.45, 7) is 1.98. The summed E-state index contributed by atoms with van der Waals surface area (Å²) < 4.78 is 1.72. The molecule has 0 aromatic carbocycles. The Labute approximate surface area is 114 Å². The van der Waals surface area contributed by atoms with Crippen molar-refractivity contribution in [3.63, 3.8) is 0 Å². The van der Waals surface area contributed by atoms with Crippen LogP contribution in [0.15, 0.2) is 30.2 Å². The minimum Gasteiger partial charge on any atom is -0.321 e. The molecule has 96 valence electrons. The van der Waals surface area contributed by atoms with Crippen LogP contribution in [0.5, 0.6) is 0 Å². The van der Waals surface area contributed by atoms with E-state index in [0.29, 0.717) is 5.95 Å². The molecule has 6 nitrogen and oxygen atoms in total. The third-order valence-corrected chi connectivity index (χ3v) is 3.35. The van der Waals surface area contributed by atoms with Gasteiger partial charge in [-0.25, -0.2) is 15.0 Å². The zero-order valence-electron chi connectivity index (χ0n) is 10.5. The number of aryl methyl sites for hydroxylation is 2. The first-order valence-corrected chi connectivity index (χ1v) is 6.59. The first-order chi connectivity index (χ1) is 9.22. The molecule has 19 heavy (non-hydrogen) atoms. The fraction of sp³-hybridized carbons (Fsp3) is 0.167. The summed E-state index contributed by atoms with van der Waals surface area (Å²) in [4.78, 5) is 13.1. The van der Waals surface area contributed by atoms with Crippen molar-refractivity contribution in [2.45, 2.75) is 6.92 Å². The van der Waals surface area contributed by atoms with Crippen LogP contribution < -0.4 is 5.32 Å². The van der Waals surface area contributed by atoms with Crippen LogP contribution in [0.1, 0.15) is 5.56 Å². The molecule has 0 spiro atoms. The van der Waals surface area contributed by atoms with E-state index >= 15 is 0 Å². The maximum Gasteiger partial charge on any atom is 0.227 e. The van der Waals surface area contributed by atoms with E-state index in [1.54, 1.807) is 34.6 Å². The molecule has 0 amide bonds. The lowest BCUT2D eigenvalue weighted by Gasteiger charge is -2.05. The molecule has 3 rings (SSSR count). The predicted molar refractivity (Wildman–Crippen MR) is 74.4 cm³/mol. The van der Waals surface area contributed by atoms with Gasteiger partial charge in [-0.05, 0) is 12.5 Å². The van der Waals surface area contributed by atoms with E-state index in [2.05, 4.69) is 25.4 Å².